The van der Waals surface area contributed by atoms with E-state index in [1.165, 1.54) is 25.7 Å². The molecule has 0 saturated carbocycles. The second-order valence-corrected chi connectivity index (χ2v) is 9.35. The van der Waals surface area contributed by atoms with Crippen molar-refractivity contribution in [2.75, 3.05) is 6.54 Å². The van der Waals surface area contributed by atoms with Crippen molar-refractivity contribution in [3.05, 3.63) is 29.3 Å². The Morgan fingerprint density at radius 3 is 2.47 bits per heavy atom. The number of aromatic hydroxyl groups is 1. The Labute approximate surface area is 189 Å². The molecule has 5 heteroatoms. The highest BCUT2D eigenvalue weighted by molar-refractivity contribution is 5.85. The van der Waals surface area contributed by atoms with Crippen LogP contribution in [0.4, 0.5) is 0 Å². The Morgan fingerprint density at radius 2 is 1.83 bits per heavy atom. The average Bonchev–Trinajstić information content (AvgIpc) is 2.69. The molecule has 1 aliphatic rings. The number of amides is 1. The first kappa shape index (κ1) is 26.8. The Morgan fingerprint density at radius 1 is 1.13 bits per heavy atom. The van der Waals surface area contributed by atoms with E-state index in [9.17, 15) is 15.0 Å². The zero-order valence-corrected chi connectivity index (χ0v) is 20.1. The summed E-state index contributed by atoms with van der Waals surface area (Å²) in [6, 6.07) is 5.71. The number of phenols is 1. The van der Waals surface area contributed by atoms with Crippen LogP contribution in [0.1, 0.15) is 109 Å². The Balaban J connectivity index is 0.00000450. The van der Waals surface area contributed by atoms with Gasteiger partial charge in [0.1, 0.15) is 5.75 Å². The first-order valence-electron chi connectivity index (χ1n) is 11.6. The molecule has 1 amide bonds. The number of carbonyl (C=O) groups excluding carboxylic acids is 1. The number of nitrogens with zero attached hydrogens (tertiary/aromatic N) is 1. The number of likely N-dealkylation sites (tertiary alicyclic amines) is 1. The molecule has 1 aliphatic heterocycles. The molecule has 1 heterocycles. The van der Waals surface area contributed by atoms with Crippen LogP contribution < -0.4 is 0 Å². The van der Waals surface area contributed by atoms with Crippen LogP contribution >= 0.6 is 12.4 Å². The number of aliphatic hydroxyl groups is 1. The van der Waals surface area contributed by atoms with Crippen LogP contribution in [0.15, 0.2) is 18.2 Å². The van der Waals surface area contributed by atoms with Gasteiger partial charge in [-0.1, -0.05) is 71.9 Å². The fourth-order valence-electron chi connectivity index (χ4n) is 4.40. The Kier molecular flexibility index (Phi) is 11.2. The fraction of sp³-hybridized carbons (Fsp3) is 0.720. The zero-order valence-electron chi connectivity index (χ0n) is 19.3. The number of unbranched alkanes of at least 4 members (excludes halogenated alkanes) is 4. The SMILES string of the molecule is CCCCCCC(C)(C)c1ccc([C@@H]2C[C@H](O)CCN2C(=O)CCCC)c(O)c1.Cl. The molecule has 2 N–H and O–H groups in total. The van der Waals surface area contributed by atoms with E-state index in [0.717, 1.165) is 30.4 Å². The summed E-state index contributed by atoms with van der Waals surface area (Å²) < 4.78 is 0. The molecule has 1 aromatic rings. The van der Waals surface area contributed by atoms with Crippen molar-refractivity contribution < 1.29 is 15.0 Å². The van der Waals surface area contributed by atoms with Crippen LogP contribution in [-0.2, 0) is 10.2 Å². The van der Waals surface area contributed by atoms with E-state index >= 15 is 0 Å². The van der Waals surface area contributed by atoms with E-state index in [1.54, 1.807) is 0 Å². The summed E-state index contributed by atoms with van der Waals surface area (Å²) in [6.07, 6.45) is 9.11. The predicted octanol–water partition coefficient (Wildman–Crippen LogP) is 6.28. The summed E-state index contributed by atoms with van der Waals surface area (Å²) >= 11 is 0. The van der Waals surface area contributed by atoms with E-state index in [0.29, 0.717) is 25.8 Å². The topological polar surface area (TPSA) is 60.8 Å². The number of carbonyl (C=O) groups is 1. The van der Waals surface area contributed by atoms with Crippen molar-refractivity contribution in [3.8, 4) is 5.75 Å². The van der Waals surface area contributed by atoms with E-state index in [-0.39, 0.29) is 35.5 Å². The van der Waals surface area contributed by atoms with E-state index in [1.807, 2.05) is 17.0 Å². The van der Waals surface area contributed by atoms with Crippen molar-refractivity contribution in [2.45, 2.75) is 109 Å². The molecule has 172 valence electrons. The minimum Gasteiger partial charge on any atom is -0.508 e. The average molecular weight is 440 g/mol. The summed E-state index contributed by atoms with van der Waals surface area (Å²) in [5.41, 5.74) is 1.90. The molecule has 4 nitrogen and oxygen atoms in total. The molecule has 0 bridgehead atoms. The number of rotatable bonds is 10. The van der Waals surface area contributed by atoms with Gasteiger partial charge in [-0.25, -0.2) is 0 Å². The van der Waals surface area contributed by atoms with Crippen LogP contribution in [0.2, 0.25) is 0 Å². The summed E-state index contributed by atoms with van der Waals surface area (Å²) in [5.74, 6) is 0.375. The van der Waals surface area contributed by atoms with E-state index in [2.05, 4.69) is 33.8 Å². The van der Waals surface area contributed by atoms with Gasteiger partial charge >= 0.3 is 0 Å². The monoisotopic (exact) mass is 439 g/mol. The van der Waals surface area contributed by atoms with Gasteiger partial charge < -0.3 is 15.1 Å². The zero-order chi connectivity index (χ0) is 21.4. The van der Waals surface area contributed by atoms with Crippen LogP contribution in [0, 0.1) is 0 Å². The quantitative estimate of drug-likeness (QED) is 0.422. The van der Waals surface area contributed by atoms with Gasteiger partial charge in [0.25, 0.3) is 0 Å². The third-order valence-corrected chi connectivity index (χ3v) is 6.47. The minimum atomic E-state index is -0.427. The summed E-state index contributed by atoms with van der Waals surface area (Å²) in [7, 11) is 0. The molecule has 0 radical (unpaired) electrons. The first-order valence-corrected chi connectivity index (χ1v) is 11.6. The van der Waals surface area contributed by atoms with Crippen LogP contribution in [0.5, 0.6) is 5.75 Å². The number of hydrogen-bond donors (Lipinski definition) is 2. The second-order valence-electron chi connectivity index (χ2n) is 9.35. The molecule has 2 rings (SSSR count). The fourth-order valence-corrected chi connectivity index (χ4v) is 4.40. The number of halogens is 1. The molecule has 1 saturated heterocycles. The molecule has 30 heavy (non-hydrogen) atoms. The lowest BCUT2D eigenvalue weighted by Gasteiger charge is -2.39. The predicted molar refractivity (Wildman–Crippen MR) is 126 cm³/mol. The molecule has 2 atom stereocenters. The van der Waals surface area contributed by atoms with Crippen LogP contribution in [0.3, 0.4) is 0 Å². The smallest absolute Gasteiger partial charge is 0.223 e. The van der Waals surface area contributed by atoms with Gasteiger partial charge in [-0.05, 0) is 42.7 Å². The summed E-state index contributed by atoms with van der Waals surface area (Å²) in [6.45, 7) is 9.33. The van der Waals surface area contributed by atoms with Gasteiger partial charge in [0.15, 0.2) is 0 Å². The lowest BCUT2D eigenvalue weighted by molar-refractivity contribution is -0.137. The highest BCUT2D eigenvalue weighted by Gasteiger charge is 2.33. The molecular weight excluding hydrogens is 398 g/mol. The lowest BCUT2D eigenvalue weighted by Crippen LogP contribution is -2.42. The molecule has 0 aliphatic carbocycles. The first-order chi connectivity index (χ1) is 13.8. The maximum atomic E-state index is 12.7. The maximum absolute atomic E-state index is 12.7. The Bertz CT molecular complexity index is 662. The van der Waals surface area contributed by atoms with E-state index < -0.39 is 6.10 Å². The molecule has 0 spiro atoms. The third kappa shape index (κ3) is 7.16. The van der Waals surface area contributed by atoms with Crippen molar-refractivity contribution in [1.29, 1.82) is 0 Å². The number of hydrogen-bond acceptors (Lipinski definition) is 3. The number of piperidine rings is 1. The van der Waals surface area contributed by atoms with Crippen LogP contribution in [-0.4, -0.2) is 33.7 Å². The molecule has 0 unspecified atom stereocenters. The highest BCUT2D eigenvalue weighted by Crippen LogP contribution is 2.39. The van der Waals surface area contributed by atoms with Crippen molar-refractivity contribution >= 4 is 18.3 Å². The van der Waals surface area contributed by atoms with Gasteiger partial charge in [-0.3, -0.25) is 4.79 Å². The number of aliphatic hydroxyl groups excluding tert-OH is 1. The van der Waals surface area contributed by atoms with Gasteiger partial charge in [0, 0.05) is 18.5 Å². The third-order valence-electron chi connectivity index (χ3n) is 6.47. The van der Waals surface area contributed by atoms with Gasteiger partial charge in [-0.15, -0.1) is 12.4 Å². The number of benzene rings is 1. The number of phenolic OH excluding ortho intramolecular Hbond substituents is 1. The van der Waals surface area contributed by atoms with Gasteiger partial charge in [0.05, 0.1) is 12.1 Å². The van der Waals surface area contributed by atoms with Crippen LogP contribution in [0.25, 0.3) is 0 Å². The molecular formula is C25H42ClNO3. The highest BCUT2D eigenvalue weighted by atomic mass is 35.5. The maximum Gasteiger partial charge on any atom is 0.223 e. The van der Waals surface area contributed by atoms with Gasteiger partial charge in [-0.2, -0.15) is 0 Å². The minimum absolute atomic E-state index is 0. The second kappa shape index (κ2) is 12.6. The standard InChI is InChI=1S/C25H41NO3.ClH/c1-5-7-9-10-15-25(3,4)19-12-13-21(23(28)17-19)22-18-20(27)14-16-26(22)24(29)11-8-6-2;/h12-13,17,20,22,27-28H,5-11,14-16,18H2,1-4H3;1H/t20-,22+;/m1./s1. The molecule has 1 aromatic carbocycles. The van der Waals surface area contributed by atoms with Crippen molar-refractivity contribution in [3.63, 3.8) is 0 Å². The lowest BCUT2D eigenvalue weighted by atomic mass is 9.79. The molecule has 1 fully saturated rings. The molecule has 0 aromatic heterocycles. The summed E-state index contributed by atoms with van der Waals surface area (Å²) in [5, 5.41) is 21.1. The van der Waals surface area contributed by atoms with E-state index in [4.69, 9.17) is 0 Å². The Hall–Kier alpha value is -1.26. The largest absolute Gasteiger partial charge is 0.508 e. The van der Waals surface area contributed by atoms with Gasteiger partial charge in [0.2, 0.25) is 5.91 Å². The van der Waals surface area contributed by atoms with Crippen molar-refractivity contribution in [1.82, 2.24) is 4.90 Å². The van der Waals surface area contributed by atoms with Crippen molar-refractivity contribution in [2.24, 2.45) is 0 Å². The summed E-state index contributed by atoms with van der Waals surface area (Å²) in [4.78, 5) is 14.6. The normalized spacial score (nSPS) is 19.4.